The fourth-order valence-electron chi connectivity index (χ4n) is 2.76. The molecule has 0 aliphatic carbocycles. The third kappa shape index (κ3) is 2.60. The molecular formula is C17H25N. The maximum Gasteiger partial charge on any atom is 0.0289 e. The quantitative estimate of drug-likeness (QED) is 0.766. The summed E-state index contributed by atoms with van der Waals surface area (Å²) in [5, 5.41) is 0. The Morgan fingerprint density at radius 1 is 1.17 bits per heavy atom. The van der Waals surface area contributed by atoms with Gasteiger partial charge in [0.2, 0.25) is 0 Å². The van der Waals surface area contributed by atoms with Gasteiger partial charge in [-0.1, -0.05) is 50.3 Å². The van der Waals surface area contributed by atoms with Crippen LogP contribution < -0.4 is 0 Å². The molecule has 0 spiro atoms. The highest BCUT2D eigenvalue weighted by Gasteiger charge is 2.28. The number of likely N-dealkylation sites (tertiary alicyclic amines) is 1. The van der Waals surface area contributed by atoms with Crippen molar-refractivity contribution in [3.63, 3.8) is 0 Å². The SMILES string of the molecule is C=C(N1CCCCC1)C(C)(C)c1cccc(C)c1. The summed E-state index contributed by atoms with van der Waals surface area (Å²) in [5.41, 5.74) is 4.00. The van der Waals surface area contributed by atoms with Gasteiger partial charge in [0.15, 0.2) is 0 Å². The first-order valence-electron chi connectivity index (χ1n) is 7.03. The van der Waals surface area contributed by atoms with E-state index in [1.165, 1.54) is 49.2 Å². The van der Waals surface area contributed by atoms with Crippen LogP contribution >= 0.6 is 0 Å². The lowest BCUT2D eigenvalue weighted by molar-refractivity contribution is 0.252. The van der Waals surface area contributed by atoms with Crippen LogP contribution in [0.3, 0.4) is 0 Å². The number of piperidine rings is 1. The van der Waals surface area contributed by atoms with Crippen LogP contribution in [0, 0.1) is 6.92 Å². The largest absolute Gasteiger partial charge is 0.375 e. The molecule has 98 valence electrons. The molecule has 1 nitrogen and oxygen atoms in total. The van der Waals surface area contributed by atoms with Crippen molar-refractivity contribution in [1.82, 2.24) is 4.90 Å². The van der Waals surface area contributed by atoms with Crippen LogP contribution in [0.25, 0.3) is 0 Å². The van der Waals surface area contributed by atoms with Crippen molar-refractivity contribution in [2.45, 2.75) is 45.4 Å². The van der Waals surface area contributed by atoms with Crippen molar-refractivity contribution in [2.24, 2.45) is 0 Å². The summed E-state index contributed by atoms with van der Waals surface area (Å²) in [6, 6.07) is 8.82. The molecule has 1 aromatic rings. The minimum atomic E-state index is 0.0311. The maximum atomic E-state index is 4.38. The molecule has 1 aliphatic heterocycles. The summed E-state index contributed by atoms with van der Waals surface area (Å²) in [4.78, 5) is 2.48. The lowest BCUT2D eigenvalue weighted by Crippen LogP contribution is -2.37. The van der Waals surface area contributed by atoms with E-state index in [-0.39, 0.29) is 5.41 Å². The molecule has 0 aromatic heterocycles. The van der Waals surface area contributed by atoms with E-state index in [0.29, 0.717) is 0 Å². The highest BCUT2D eigenvalue weighted by Crippen LogP contribution is 2.34. The minimum absolute atomic E-state index is 0.0311. The zero-order valence-corrected chi connectivity index (χ0v) is 12.0. The Kier molecular flexibility index (Phi) is 3.79. The van der Waals surface area contributed by atoms with Gasteiger partial charge in [0.05, 0.1) is 0 Å². The van der Waals surface area contributed by atoms with E-state index in [1.807, 2.05) is 0 Å². The average Bonchev–Trinajstić information content (AvgIpc) is 2.39. The first-order valence-corrected chi connectivity index (χ1v) is 7.03. The molecule has 1 heteroatoms. The predicted octanol–water partition coefficient (Wildman–Crippen LogP) is 4.27. The smallest absolute Gasteiger partial charge is 0.0289 e. The molecule has 1 saturated heterocycles. The number of allylic oxidation sites excluding steroid dienone is 1. The van der Waals surface area contributed by atoms with Gasteiger partial charge in [0.25, 0.3) is 0 Å². The summed E-state index contributed by atoms with van der Waals surface area (Å²) < 4.78 is 0. The van der Waals surface area contributed by atoms with Crippen LogP contribution in [-0.2, 0) is 5.41 Å². The van der Waals surface area contributed by atoms with E-state index in [1.54, 1.807) is 0 Å². The Balaban J connectivity index is 2.21. The van der Waals surface area contributed by atoms with Gasteiger partial charge in [0.1, 0.15) is 0 Å². The number of rotatable bonds is 3. The number of aryl methyl sites for hydroxylation is 1. The molecule has 0 radical (unpaired) electrons. The van der Waals surface area contributed by atoms with Gasteiger partial charge in [-0.2, -0.15) is 0 Å². The lowest BCUT2D eigenvalue weighted by Gasteiger charge is -2.39. The summed E-state index contributed by atoms with van der Waals surface area (Å²) >= 11 is 0. The number of hydrogen-bond acceptors (Lipinski definition) is 1. The van der Waals surface area contributed by atoms with Crippen molar-refractivity contribution in [3.05, 3.63) is 47.7 Å². The van der Waals surface area contributed by atoms with Gasteiger partial charge in [-0.15, -0.1) is 0 Å². The second-order valence-electron chi connectivity index (χ2n) is 5.99. The highest BCUT2D eigenvalue weighted by atomic mass is 15.1. The molecule has 0 amide bonds. The maximum absolute atomic E-state index is 4.38. The third-order valence-corrected chi connectivity index (χ3v) is 4.20. The molecule has 1 fully saturated rings. The van der Waals surface area contributed by atoms with Gasteiger partial charge < -0.3 is 4.90 Å². The highest BCUT2D eigenvalue weighted by molar-refractivity contribution is 5.35. The van der Waals surface area contributed by atoms with E-state index in [2.05, 4.69) is 56.5 Å². The molecule has 0 bridgehead atoms. The molecule has 18 heavy (non-hydrogen) atoms. The second kappa shape index (κ2) is 5.17. The van der Waals surface area contributed by atoms with Crippen molar-refractivity contribution in [1.29, 1.82) is 0 Å². The molecule has 0 saturated carbocycles. The third-order valence-electron chi connectivity index (χ3n) is 4.20. The zero-order chi connectivity index (χ0) is 13.2. The van der Waals surface area contributed by atoms with Crippen LogP contribution in [0.2, 0.25) is 0 Å². The minimum Gasteiger partial charge on any atom is -0.375 e. The molecule has 0 unspecified atom stereocenters. The summed E-state index contributed by atoms with van der Waals surface area (Å²) in [6.45, 7) is 13.5. The van der Waals surface area contributed by atoms with Crippen LogP contribution in [0.15, 0.2) is 36.5 Å². The van der Waals surface area contributed by atoms with Crippen molar-refractivity contribution in [3.8, 4) is 0 Å². The summed E-state index contributed by atoms with van der Waals surface area (Å²) in [7, 11) is 0. The summed E-state index contributed by atoms with van der Waals surface area (Å²) in [5.74, 6) is 0. The van der Waals surface area contributed by atoms with E-state index in [4.69, 9.17) is 0 Å². The van der Waals surface area contributed by atoms with Gasteiger partial charge in [-0.05, 0) is 31.7 Å². The van der Waals surface area contributed by atoms with Gasteiger partial charge in [-0.25, -0.2) is 0 Å². The van der Waals surface area contributed by atoms with Crippen molar-refractivity contribution < 1.29 is 0 Å². The van der Waals surface area contributed by atoms with Crippen LogP contribution in [0.5, 0.6) is 0 Å². The molecule has 1 aromatic carbocycles. The first kappa shape index (κ1) is 13.2. The van der Waals surface area contributed by atoms with Gasteiger partial charge in [0, 0.05) is 24.2 Å². The van der Waals surface area contributed by atoms with Gasteiger partial charge >= 0.3 is 0 Å². The van der Waals surface area contributed by atoms with E-state index >= 15 is 0 Å². The van der Waals surface area contributed by atoms with Gasteiger partial charge in [-0.3, -0.25) is 0 Å². The van der Waals surface area contributed by atoms with Crippen molar-refractivity contribution >= 4 is 0 Å². The van der Waals surface area contributed by atoms with Crippen LogP contribution in [0.4, 0.5) is 0 Å². The fourth-order valence-corrected chi connectivity index (χ4v) is 2.76. The fraction of sp³-hybridized carbons (Fsp3) is 0.529. The molecule has 1 aliphatic rings. The average molecular weight is 243 g/mol. The monoisotopic (exact) mass is 243 g/mol. The Labute approximate surface area is 112 Å². The molecule has 0 N–H and O–H groups in total. The van der Waals surface area contributed by atoms with E-state index < -0.39 is 0 Å². The molecule has 0 atom stereocenters. The Hall–Kier alpha value is -1.24. The zero-order valence-electron chi connectivity index (χ0n) is 12.0. The number of hydrogen-bond donors (Lipinski definition) is 0. The van der Waals surface area contributed by atoms with E-state index in [0.717, 1.165) is 0 Å². The topological polar surface area (TPSA) is 3.24 Å². The number of nitrogens with zero attached hydrogens (tertiary/aromatic N) is 1. The summed E-state index contributed by atoms with van der Waals surface area (Å²) in [6.07, 6.45) is 3.99. The van der Waals surface area contributed by atoms with Crippen LogP contribution in [0.1, 0.15) is 44.2 Å². The lowest BCUT2D eigenvalue weighted by atomic mass is 9.80. The first-order chi connectivity index (χ1) is 8.51. The van der Waals surface area contributed by atoms with E-state index in [9.17, 15) is 0 Å². The second-order valence-corrected chi connectivity index (χ2v) is 5.99. The molecule has 1 heterocycles. The van der Waals surface area contributed by atoms with Crippen molar-refractivity contribution in [2.75, 3.05) is 13.1 Å². The Morgan fingerprint density at radius 2 is 1.83 bits per heavy atom. The Morgan fingerprint density at radius 3 is 2.44 bits per heavy atom. The molecular weight excluding hydrogens is 218 g/mol. The van der Waals surface area contributed by atoms with Crippen LogP contribution in [-0.4, -0.2) is 18.0 Å². The standard InChI is InChI=1S/C17H25N/c1-14-9-8-10-16(13-14)17(3,4)15(2)18-11-6-5-7-12-18/h8-10,13H,2,5-7,11-12H2,1,3-4H3. The predicted molar refractivity (Wildman–Crippen MR) is 78.8 cm³/mol. The molecule has 2 rings (SSSR count). The Bertz CT molecular complexity index is 425. The number of benzene rings is 1. The normalized spacial score (nSPS) is 16.7.